The van der Waals surface area contributed by atoms with Gasteiger partial charge in [-0.3, -0.25) is 9.78 Å². The summed E-state index contributed by atoms with van der Waals surface area (Å²) in [5.74, 6) is 0.794. The zero-order valence-corrected chi connectivity index (χ0v) is 12.6. The molecule has 1 fully saturated rings. The van der Waals surface area contributed by atoms with E-state index < -0.39 is 0 Å². The third-order valence-electron chi connectivity index (χ3n) is 3.89. The predicted molar refractivity (Wildman–Crippen MR) is 81.9 cm³/mol. The Hall–Kier alpha value is -1.58. The summed E-state index contributed by atoms with van der Waals surface area (Å²) in [5.41, 5.74) is 1.61. The number of likely N-dealkylation sites (tertiary alicyclic amines) is 1. The number of nitrogens with zero attached hydrogens (tertiary/aromatic N) is 2. The summed E-state index contributed by atoms with van der Waals surface area (Å²) in [5, 5.41) is 3.32. The number of amides is 1. The molecule has 0 aromatic carbocycles. The number of anilines is 1. The van der Waals surface area contributed by atoms with Crippen LogP contribution in [0, 0.1) is 5.92 Å². The lowest BCUT2D eigenvalue weighted by atomic mass is 10.0. The highest BCUT2D eigenvalue weighted by molar-refractivity contribution is 5.99. The molecule has 2 rings (SSSR count). The van der Waals surface area contributed by atoms with Crippen LogP contribution >= 0.6 is 0 Å². The first-order valence-corrected chi connectivity index (χ1v) is 7.73. The summed E-state index contributed by atoms with van der Waals surface area (Å²) >= 11 is 0. The van der Waals surface area contributed by atoms with Gasteiger partial charge in [-0.2, -0.15) is 0 Å². The Morgan fingerprint density at radius 3 is 3.05 bits per heavy atom. The quantitative estimate of drug-likeness (QED) is 0.867. The molecule has 4 nitrogen and oxygen atoms in total. The number of hydrogen-bond donors (Lipinski definition) is 1. The van der Waals surface area contributed by atoms with E-state index in [4.69, 9.17) is 0 Å². The van der Waals surface area contributed by atoms with Crippen LogP contribution in [0.25, 0.3) is 0 Å². The first-order chi connectivity index (χ1) is 9.76. The number of nitrogens with one attached hydrogen (secondary N) is 1. The van der Waals surface area contributed by atoms with Crippen molar-refractivity contribution in [3.05, 3.63) is 24.0 Å². The third kappa shape index (κ3) is 3.50. The van der Waals surface area contributed by atoms with Crippen LogP contribution in [0.4, 0.5) is 5.69 Å². The minimum Gasteiger partial charge on any atom is -0.384 e. The van der Waals surface area contributed by atoms with E-state index in [1.165, 1.54) is 12.8 Å². The van der Waals surface area contributed by atoms with Crippen LogP contribution in [0.2, 0.25) is 0 Å². The second-order valence-corrected chi connectivity index (χ2v) is 5.54. The predicted octanol–water partition coefficient (Wildman–Crippen LogP) is 3.17. The highest BCUT2D eigenvalue weighted by Crippen LogP contribution is 2.24. The van der Waals surface area contributed by atoms with Gasteiger partial charge in [-0.25, -0.2) is 0 Å². The van der Waals surface area contributed by atoms with Gasteiger partial charge in [0, 0.05) is 32.0 Å². The molecule has 1 unspecified atom stereocenters. The summed E-state index contributed by atoms with van der Waals surface area (Å²) in [4.78, 5) is 18.7. The van der Waals surface area contributed by atoms with Crippen LogP contribution in [0.1, 0.15) is 49.9 Å². The fourth-order valence-electron chi connectivity index (χ4n) is 2.81. The van der Waals surface area contributed by atoms with E-state index in [0.29, 0.717) is 11.5 Å². The fourth-order valence-corrected chi connectivity index (χ4v) is 2.81. The standard InChI is InChI=1S/C16H25N3O/c1-3-5-13-7-10-19(12-13)16(20)14-11-17-9-6-15(14)18-8-4-2/h6,9,11,13H,3-5,7-8,10,12H2,1-2H3,(H,17,18). The summed E-state index contributed by atoms with van der Waals surface area (Å²) < 4.78 is 0. The first-order valence-electron chi connectivity index (χ1n) is 7.73. The number of hydrogen-bond acceptors (Lipinski definition) is 3. The molecule has 0 saturated carbocycles. The molecule has 1 N–H and O–H groups in total. The van der Waals surface area contributed by atoms with Gasteiger partial charge in [-0.15, -0.1) is 0 Å². The number of rotatable bonds is 6. The van der Waals surface area contributed by atoms with Crippen molar-refractivity contribution < 1.29 is 4.79 Å². The van der Waals surface area contributed by atoms with Gasteiger partial charge < -0.3 is 10.2 Å². The van der Waals surface area contributed by atoms with Crippen LogP contribution in [-0.2, 0) is 0 Å². The average molecular weight is 275 g/mol. The Balaban J connectivity index is 2.05. The molecular formula is C16H25N3O. The molecule has 1 aliphatic heterocycles. The SMILES string of the molecule is CCCNc1ccncc1C(=O)N1CCC(CCC)C1. The molecule has 110 valence electrons. The maximum Gasteiger partial charge on any atom is 0.257 e. The number of carbonyl (C=O) groups excluding carboxylic acids is 1. The Morgan fingerprint density at radius 1 is 1.45 bits per heavy atom. The average Bonchev–Trinajstić information content (AvgIpc) is 2.94. The van der Waals surface area contributed by atoms with Gasteiger partial charge >= 0.3 is 0 Å². The summed E-state index contributed by atoms with van der Waals surface area (Å²) in [6, 6.07) is 1.89. The molecule has 1 aromatic rings. The zero-order valence-electron chi connectivity index (χ0n) is 12.6. The maximum atomic E-state index is 12.6. The molecule has 1 saturated heterocycles. The molecule has 0 radical (unpaired) electrons. The van der Waals surface area contributed by atoms with E-state index in [-0.39, 0.29) is 5.91 Å². The Kier molecular flexibility index (Phi) is 5.39. The first kappa shape index (κ1) is 14.8. The van der Waals surface area contributed by atoms with E-state index in [2.05, 4.69) is 24.1 Å². The van der Waals surface area contributed by atoms with Gasteiger partial charge in [0.25, 0.3) is 5.91 Å². The van der Waals surface area contributed by atoms with Crippen molar-refractivity contribution in [3.63, 3.8) is 0 Å². The van der Waals surface area contributed by atoms with E-state index in [0.717, 1.165) is 38.2 Å². The summed E-state index contributed by atoms with van der Waals surface area (Å²) in [7, 11) is 0. The molecule has 1 atom stereocenters. The topological polar surface area (TPSA) is 45.2 Å². The minimum atomic E-state index is 0.121. The lowest BCUT2D eigenvalue weighted by Crippen LogP contribution is -2.29. The van der Waals surface area contributed by atoms with Gasteiger partial charge in [-0.05, 0) is 31.2 Å². The largest absolute Gasteiger partial charge is 0.384 e. The minimum absolute atomic E-state index is 0.121. The number of carbonyl (C=O) groups is 1. The van der Waals surface area contributed by atoms with Crippen LogP contribution < -0.4 is 5.32 Å². The molecule has 0 bridgehead atoms. The molecule has 1 aliphatic rings. The van der Waals surface area contributed by atoms with Crippen LogP contribution in [-0.4, -0.2) is 35.4 Å². The molecule has 2 heterocycles. The molecule has 20 heavy (non-hydrogen) atoms. The zero-order chi connectivity index (χ0) is 14.4. The van der Waals surface area contributed by atoms with Crippen molar-refractivity contribution in [2.75, 3.05) is 25.0 Å². The van der Waals surface area contributed by atoms with Gasteiger partial charge in [0.05, 0.1) is 11.3 Å². The highest BCUT2D eigenvalue weighted by Gasteiger charge is 2.27. The maximum absolute atomic E-state index is 12.6. The molecule has 4 heteroatoms. The number of aromatic nitrogens is 1. The lowest BCUT2D eigenvalue weighted by molar-refractivity contribution is 0.0787. The lowest BCUT2D eigenvalue weighted by Gasteiger charge is -2.18. The van der Waals surface area contributed by atoms with Gasteiger partial charge in [0.15, 0.2) is 0 Å². The van der Waals surface area contributed by atoms with Gasteiger partial charge in [-0.1, -0.05) is 20.3 Å². The van der Waals surface area contributed by atoms with E-state index in [1.54, 1.807) is 12.4 Å². The normalized spacial score (nSPS) is 18.3. The molecule has 0 aliphatic carbocycles. The van der Waals surface area contributed by atoms with Crippen molar-refractivity contribution in [1.82, 2.24) is 9.88 Å². The van der Waals surface area contributed by atoms with E-state index in [9.17, 15) is 4.79 Å². The van der Waals surface area contributed by atoms with Crippen molar-refractivity contribution in [3.8, 4) is 0 Å². The van der Waals surface area contributed by atoms with Crippen molar-refractivity contribution >= 4 is 11.6 Å². The van der Waals surface area contributed by atoms with Crippen molar-refractivity contribution in [2.24, 2.45) is 5.92 Å². The van der Waals surface area contributed by atoms with E-state index >= 15 is 0 Å². The Labute approximate surface area is 121 Å². The van der Waals surface area contributed by atoms with Crippen molar-refractivity contribution in [2.45, 2.75) is 39.5 Å². The van der Waals surface area contributed by atoms with Crippen LogP contribution in [0.15, 0.2) is 18.5 Å². The smallest absolute Gasteiger partial charge is 0.257 e. The monoisotopic (exact) mass is 275 g/mol. The molecule has 0 spiro atoms. The van der Waals surface area contributed by atoms with Gasteiger partial charge in [0.2, 0.25) is 0 Å². The fraction of sp³-hybridized carbons (Fsp3) is 0.625. The van der Waals surface area contributed by atoms with Crippen molar-refractivity contribution in [1.29, 1.82) is 0 Å². The molecule has 1 aromatic heterocycles. The molecule has 1 amide bonds. The second kappa shape index (κ2) is 7.27. The van der Waals surface area contributed by atoms with E-state index in [1.807, 2.05) is 11.0 Å². The highest BCUT2D eigenvalue weighted by atomic mass is 16.2. The summed E-state index contributed by atoms with van der Waals surface area (Å²) in [6.45, 7) is 6.98. The Morgan fingerprint density at radius 2 is 2.30 bits per heavy atom. The number of pyridine rings is 1. The third-order valence-corrected chi connectivity index (χ3v) is 3.89. The van der Waals surface area contributed by atoms with Gasteiger partial charge in [0.1, 0.15) is 0 Å². The summed E-state index contributed by atoms with van der Waals surface area (Å²) in [6.07, 6.45) is 8.02. The van der Waals surface area contributed by atoms with Crippen LogP contribution in [0.3, 0.4) is 0 Å². The second-order valence-electron chi connectivity index (χ2n) is 5.54. The molecular weight excluding hydrogens is 250 g/mol. The Bertz CT molecular complexity index is 447. The van der Waals surface area contributed by atoms with Crippen LogP contribution in [0.5, 0.6) is 0 Å².